The Hall–Kier alpha value is -3.02. The van der Waals surface area contributed by atoms with Crippen molar-refractivity contribution in [3.05, 3.63) is 59.2 Å². The molecule has 2 aromatic rings. The molecule has 37 heavy (non-hydrogen) atoms. The van der Waals surface area contributed by atoms with Crippen LogP contribution in [0.3, 0.4) is 0 Å². The van der Waals surface area contributed by atoms with E-state index in [1.807, 2.05) is 54.1 Å². The topological polar surface area (TPSA) is 59.1 Å². The van der Waals surface area contributed by atoms with Gasteiger partial charge in [0.15, 0.2) is 0 Å². The molecule has 0 aromatic heterocycles. The minimum Gasteiger partial charge on any atom is -0.496 e. The molecule has 2 aromatic carbocycles. The Morgan fingerprint density at radius 2 is 1.81 bits per heavy atom. The number of piperidine rings is 1. The molecular formula is C31H42N2O4. The molecule has 0 N–H and O–H groups in total. The number of benzene rings is 2. The molecule has 1 saturated heterocycles. The molecule has 1 fully saturated rings. The van der Waals surface area contributed by atoms with E-state index in [1.165, 1.54) is 5.56 Å². The van der Waals surface area contributed by atoms with E-state index in [2.05, 4.69) is 12.1 Å². The Labute approximate surface area is 221 Å². The van der Waals surface area contributed by atoms with Crippen molar-refractivity contribution in [2.75, 3.05) is 40.4 Å². The van der Waals surface area contributed by atoms with Crippen LogP contribution in [0.15, 0.2) is 42.5 Å². The number of para-hydroxylation sites is 1. The van der Waals surface area contributed by atoms with Gasteiger partial charge in [-0.25, -0.2) is 0 Å². The number of hydrogen-bond acceptors (Lipinski definition) is 4. The number of likely N-dealkylation sites (tertiary alicyclic amines) is 1. The highest BCUT2D eigenvalue weighted by Gasteiger charge is 2.37. The predicted molar refractivity (Wildman–Crippen MR) is 146 cm³/mol. The molecule has 0 saturated carbocycles. The van der Waals surface area contributed by atoms with Crippen molar-refractivity contribution in [2.45, 2.75) is 64.7 Å². The minimum absolute atomic E-state index is 0.0675. The SMILES string of the molecule is COc1ccc(CC(=O)N2CCC3(CCCCc4ccccc4OCCCC(=O)N(C)C3)CC2)cc1C. The van der Waals surface area contributed by atoms with Gasteiger partial charge in [-0.15, -0.1) is 0 Å². The monoisotopic (exact) mass is 506 g/mol. The van der Waals surface area contributed by atoms with Gasteiger partial charge in [0.1, 0.15) is 11.5 Å². The van der Waals surface area contributed by atoms with Crippen molar-refractivity contribution in [3.8, 4) is 11.5 Å². The summed E-state index contributed by atoms with van der Waals surface area (Å²) in [5.74, 6) is 2.16. The third-order valence-electron chi connectivity index (χ3n) is 8.16. The van der Waals surface area contributed by atoms with Crippen molar-refractivity contribution < 1.29 is 19.1 Å². The summed E-state index contributed by atoms with van der Waals surface area (Å²) in [7, 11) is 3.61. The van der Waals surface area contributed by atoms with Crippen LogP contribution in [0.4, 0.5) is 0 Å². The first kappa shape index (κ1) is 27.0. The summed E-state index contributed by atoms with van der Waals surface area (Å²) in [6.07, 6.45) is 7.81. The molecule has 0 unspecified atom stereocenters. The Morgan fingerprint density at radius 1 is 1.03 bits per heavy atom. The second-order valence-electron chi connectivity index (χ2n) is 10.9. The summed E-state index contributed by atoms with van der Waals surface area (Å²) in [5, 5.41) is 0. The highest BCUT2D eigenvalue weighted by molar-refractivity contribution is 5.79. The van der Waals surface area contributed by atoms with Gasteiger partial charge in [-0.1, -0.05) is 36.8 Å². The molecule has 0 radical (unpaired) electrons. The lowest BCUT2D eigenvalue weighted by atomic mass is 9.73. The third-order valence-corrected chi connectivity index (χ3v) is 8.16. The van der Waals surface area contributed by atoms with Gasteiger partial charge in [0.2, 0.25) is 11.8 Å². The zero-order chi connectivity index (χ0) is 26.3. The fraction of sp³-hybridized carbons (Fsp3) is 0.548. The van der Waals surface area contributed by atoms with E-state index in [0.29, 0.717) is 19.4 Å². The molecule has 200 valence electrons. The van der Waals surface area contributed by atoms with E-state index < -0.39 is 0 Å². The third kappa shape index (κ3) is 7.06. The second kappa shape index (κ2) is 12.5. The van der Waals surface area contributed by atoms with E-state index >= 15 is 0 Å². The van der Waals surface area contributed by atoms with Crippen molar-refractivity contribution in [3.63, 3.8) is 0 Å². The van der Waals surface area contributed by atoms with Crippen LogP contribution in [0.5, 0.6) is 11.5 Å². The zero-order valence-corrected chi connectivity index (χ0v) is 22.8. The Bertz CT molecular complexity index is 1070. The Morgan fingerprint density at radius 3 is 2.57 bits per heavy atom. The number of fused-ring (bicyclic) bond motifs is 1. The minimum atomic E-state index is 0.0675. The normalized spacial score (nSPS) is 19.1. The highest BCUT2D eigenvalue weighted by atomic mass is 16.5. The van der Waals surface area contributed by atoms with E-state index in [-0.39, 0.29) is 17.2 Å². The van der Waals surface area contributed by atoms with Crippen molar-refractivity contribution in [1.82, 2.24) is 9.80 Å². The molecule has 0 atom stereocenters. The summed E-state index contributed by atoms with van der Waals surface area (Å²) >= 11 is 0. The van der Waals surface area contributed by atoms with Gasteiger partial charge in [0.25, 0.3) is 0 Å². The van der Waals surface area contributed by atoms with Gasteiger partial charge >= 0.3 is 0 Å². The van der Waals surface area contributed by atoms with E-state index in [9.17, 15) is 9.59 Å². The first-order valence-electron chi connectivity index (χ1n) is 13.8. The van der Waals surface area contributed by atoms with Gasteiger partial charge < -0.3 is 19.3 Å². The van der Waals surface area contributed by atoms with Gasteiger partial charge in [0.05, 0.1) is 20.1 Å². The molecule has 2 heterocycles. The van der Waals surface area contributed by atoms with Crippen molar-refractivity contribution in [2.24, 2.45) is 5.41 Å². The van der Waals surface area contributed by atoms with Gasteiger partial charge in [-0.3, -0.25) is 9.59 Å². The fourth-order valence-corrected chi connectivity index (χ4v) is 5.91. The number of carbonyl (C=O) groups excluding carboxylic acids is 2. The van der Waals surface area contributed by atoms with Crippen LogP contribution in [0.2, 0.25) is 0 Å². The number of rotatable bonds is 3. The average molecular weight is 507 g/mol. The van der Waals surface area contributed by atoms with Crippen LogP contribution in [0.25, 0.3) is 0 Å². The van der Waals surface area contributed by atoms with E-state index in [1.54, 1.807) is 7.11 Å². The maximum atomic E-state index is 13.1. The van der Waals surface area contributed by atoms with E-state index in [4.69, 9.17) is 9.47 Å². The molecule has 1 spiro atoms. The van der Waals surface area contributed by atoms with E-state index in [0.717, 1.165) is 87.2 Å². The zero-order valence-electron chi connectivity index (χ0n) is 22.8. The Kier molecular flexibility index (Phi) is 9.12. The van der Waals surface area contributed by atoms with Crippen molar-refractivity contribution >= 4 is 11.8 Å². The predicted octanol–water partition coefficient (Wildman–Crippen LogP) is 5.20. The summed E-state index contributed by atoms with van der Waals surface area (Å²) in [5.41, 5.74) is 3.40. The highest BCUT2D eigenvalue weighted by Crippen LogP contribution is 2.38. The number of nitrogens with zero attached hydrogens (tertiary/aromatic N) is 2. The van der Waals surface area contributed by atoms with Gasteiger partial charge in [0, 0.05) is 33.1 Å². The first-order chi connectivity index (χ1) is 17.9. The number of methoxy groups -OCH3 is 1. The first-order valence-corrected chi connectivity index (χ1v) is 13.8. The van der Waals surface area contributed by atoms with Crippen LogP contribution >= 0.6 is 0 Å². The van der Waals surface area contributed by atoms with Crippen LogP contribution in [-0.2, 0) is 22.4 Å². The quantitative estimate of drug-likeness (QED) is 0.574. The van der Waals surface area contributed by atoms with Gasteiger partial charge in [-0.05, 0) is 79.7 Å². The lowest BCUT2D eigenvalue weighted by Gasteiger charge is -2.44. The Balaban J connectivity index is 1.40. The van der Waals surface area contributed by atoms with Crippen molar-refractivity contribution in [1.29, 1.82) is 0 Å². The number of ether oxygens (including phenoxy) is 2. The molecule has 0 aliphatic carbocycles. The fourth-order valence-electron chi connectivity index (χ4n) is 5.91. The maximum Gasteiger partial charge on any atom is 0.226 e. The summed E-state index contributed by atoms with van der Waals surface area (Å²) < 4.78 is 11.4. The maximum absolute atomic E-state index is 13.1. The molecule has 0 bridgehead atoms. The smallest absolute Gasteiger partial charge is 0.226 e. The summed E-state index contributed by atoms with van der Waals surface area (Å²) in [6.45, 7) is 4.85. The largest absolute Gasteiger partial charge is 0.496 e. The number of aryl methyl sites for hydroxylation is 2. The molecular weight excluding hydrogens is 464 g/mol. The summed E-state index contributed by atoms with van der Waals surface area (Å²) in [4.78, 5) is 30.0. The standard InChI is InChI=1S/C31H42N2O4/c1-24-21-25(13-14-27(24)36-3)22-30(35)33-18-16-31(17-19-33)15-7-6-10-26-9-4-5-11-28(26)37-20-8-12-29(34)32(2)23-31/h4-5,9,11,13-14,21H,6-8,10,12,15-20,22-23H2,1-3H3. The average Bonchev–Trinajstić information content (AvgIpc) is 2.89. The van der Waals surface area contributed by atoms with Crippen LogP contribution < -0.4 is 9.47 Å². The van der Waals surface area contributed by atoms with Crippen LogP contribution in [0, 0.1) is 12.3 Å². The number of carbonyl (C=O) groups is 2. The number of amides is 2. The molecule has 6 nitrogen and oxygen atoms in total. The molecule has 4 rings (SSSR count). The molecule has 2 aliphatic heterocycles. The van der Waals surface area contributed by atoms with Crippen LogP contribution in [-0.4, -0.2) is 62.0 Å². The lowest BCUT2D eigenvalue weighted by Crippen LogP contribution is -2.48. The van der Waals surface area contributed by atoms with Crippen LogP contribution in [0.1, 0.15) is 61.6 Å². The molecule has 2 aliphatic rings. The van der Waals surface area contributed by atoms with Gasteiger partial charge in [-0.2, -0.15) is 0 Å². The number of hydrogen-bond donors (Lipinski definition) is 0. The lowest BCUT2D eigenvalue weighted by molar-refractivity contribution is -0.136. The second-order valence-corrected chi connectivity index (χ2v) is 10.9. The molecule has 6 heteroatoms. The summed E-state index contributed by atoms with van der Waals surface area (Å²) in [6, 6.07) is 14.3. The molecule has 2 amide bonds.